The molecule has 1 fully saturated rings. The Balaban J connectivity index is 1.68. The number of nitrogens with zero attached hydrogens (tertiary/aromatic N) is 1. The first-order chi connectivity index (χ1) is 8.55. The maximum absolute atomic E-state index is 13.1. The molecule has 1 N–H and O–H groups in total. The van der Waals surface area contributed by atoms with Gasteiger partial charge in [-0.1, -0.05) is 0 Å². The van der Waals surface area contributed by atoms with Crippen LogP contribution < -0.4 is 5.32 Å². The van der Waals surface area contributed by atoms with Crippen LogP contribution in [0.1, 0.15) is 16.9 Å². The SMILES string of the molecule is O=C(C1CC(F)(F)CN1)N1CCc2ccsc2C1. The summed E-state index contributed by atoms with van der Waals surface area (Å²) < 4.78 is 26.2. The first kappa shape index (κ1) is 12.0. The van der Waals surface area contributed by atoms with E-state index in [1.54, 1.807) is 16.2 Å². The van der Waals surface area contributed by atoms with E-state index in [1.165, 1.54) is 10.4 Å². The highest BCUT2D eigenvalue weighted by Gasteiger charge is 2.43. The topological polar surface area (TPSA) is 32.3 Å². The summed E-state index contributed by atoms with van der Waals surface area (Å²) in [5.41, 5.74) is 1.29. The van der Waals surface area contributed by atoms with E-state index >= 15 is 0 Å². The van der Waals surface area contributed by atoms with Crippen LogP contribution in [0.4, 0.5) is 8.78 Å². The van der Waals surface area contributed by atoms with Crippen LogP contribution in [0, 0.1) is 0 Å². The van der Waals surface area contributed by atoms with Crippen LogP contribution in [0.3, 0.4) is 0 Å². The molecule has 6 heteroatoms. The molecule has 0 aliphatic carbocycles. The zero-order valence-corrected chi connectivity index (χ0v) is 10.6. The molecule has 3 heterocycles. The van der Waals surface area contributed by atoms with E-state index in [9.17, 15) is 13.6 Å². The molecule has 0 aromatic carbocycles. The van der Waals surface area contributed by atoms with Crippen molar-refractivity contribution in [1.82, 2.24) is 10.2 Å². The van der Waals surface area contributed by atoms with Crippen molar-refractivity contribution in [2.75, 3.05) is 13.1 Å². The van der Waals surface area contributed by atoms with Gasteiger partial charge in [0.25, 0.3) is 5.92 Å². The van der Waals surface area contributed by atoms with Gasteiger partial charge in [-0.15, -0.1) is 11.3 Å². The number of hydrogen-bond acceptors (Lipinski definition) is 3. The second kappa shape index (κ2) is 4.28. The Morgan fingerprint density at radius 3 is 3.11 bits per heavy atom. The Hall–Kier alpha value is -1.01. The third-order valence-electron chi connectivity index (χ3n) is 3.54. The van der Waals surface area contributed by atoms with Gasteiger partial charge in [0, 0.05) is 17.8 Å². The molecule has 0 radical (unpaired) electrons. The molecule has 18 heavy (non-hydrogen) atoms. The largest absolute Gasteiger partial charge is 0.336 e. The maximum atomic E-state index is 13.1. The lowest BCUT2D eigenvalue weighted by Gasteiger charge is -2.29. The molecule has 1 saturated heterocycles. The molecule has 2 aliphatic heterocycles. The van der Waals surface area contributed by atoms with E-state index in [4.69, 9.17) is 0 Å². The van der Waals surface area contributed by atoms with E-state index in [2.05, 4.69) is 11.4 Å². The molecule has 0 spiro atoms. The summed E-state index contributed by atoms with van der Waals surface area (Å²) in [4.78, 5) is 15.0. The Kier molecular flexibility index (Phi) is 2.86. The number of fused-ring (bicyclic) bond motifs is 1. The Morgan fingerprint density at radius 2 is 2.39 bits per heavy atom. The van der Waals surface area contributed by atoms with Crippen molar-refractivity contribution in [3.63, 3.8) is 0 Å². The molecule has 98 valence electrons. The molecular formula is C12H14F2N2OS. The van der Waals surface area contributed by atoms with Crippen LogP contribution in [0.15, 0.2) is 11.4 Å². The molecule has 1 unspecified atom stereocenters. The fraction of sp³-hybridized carbons (Fsp3) is 0.583. The highest BCUT2D eigenvalue weighted by atomic mass is 32.1. The fourth-order valence-corrected chi connectivity index (χ4v) is 3.48. The summed E-state index contributed by atoms with van der Waals surface area (Å²) in [6.45, 7) is 0.809. The van der Waals surface area contributed by atoms with Crippen molar-refractivity contribution in [3.8, 4) is 0 Å². The number of amides is 1. The smallest absolute Gasteiger partial charge is 0.262 e. The van der Waals surface area contributed by atoms with Gasteiger partial charge in [0.15, 0.2) is 0 Å². The summed E-state index contributed by atoms with van der Waals surface area (Å²) in [5.74, 6) is -2.93. The van der Waals surface area contributed by atoms with Crippen LogP contribution >= 0.6 is 11.3 Å². The molecule has 2 aliphatic rings. The number of alkyl halides is 2. The second-order valence-electron chi connectivity index (χ2n) is 4.87. The van der Waals surface area contributed by atoms with Gasteiger partial charge in [0.05, 0.1) is 19.1 Å². The van der Waals surface area contributed by atoms with E-state index < -0.39 is 12.0 Å². The first-order valence-electron chi connectivity index (χ1n) is 6.00. The Morgan fingerprint density at radius 1 is 1.56 bits per heavy atom. The van der Waals surface area contributed by atoms with Crippen LogP contribution in [0.5, 0.6) is 0 Å². The Bertz CT molecular complexity index is 474. The van der Waals surface area contributed by atoms with Crippen molar-refractivity contribution < 1.29 is 13.6 Å². The summed E-state index contributed by atoms with van der Waals surface area (Å²) in [6, 6.07) is 1.35. The average molecular weight is 272 g/mol. The predicted octanol–water partition coefficient (Wildman–Crippen LogP) is 1.63. The van der Waals surface area contributed by atoms with Gasteiger partial charge in [0.1, 0.15) is 0 Å². The number of rotatable bonds is 1. The predicted molar refractivity (Wildman–Crippen MR) is 64.8 cm³/mol. The standard InChI is InChI=1S/C12H14F2N2OS/c13-12(14)5-9(15-7-12)11(17)16-3-1-8-2-4-18-10(8)6-16/h2,4,9,15H,1,3,5-7H2. The lowest BCUT2D eigenvalue weighted by atomic mass is 10.1. The highest BCUT2D eigenvalue weighted by Crippen LogP contribution is 2.28. The van der Waals surface area contributed by atoms with Gasteiger partial charge >= 0.3 is 0 Å². The minimum absolute atomic E-state index is 0.189. The van der Waals surface area contributed by atoms with Crippen LogP contribution in [-0.4, -0.2) is 35.9 Å². The molecular weight excluding hydrogens is 258 g/mol. The van der Waals surface area contributed by atoms with Gasteiger partial charge in [-0.05, 0) is 23.4 Å². The molecule has 0 bridgehead atoms. The summed E-state index contributed by atoms with van der Waals surface area (Å²) in [7, 11) is 0. The summed E-state index contributed by atoms with van der Waals surface area (Å²) in [6.07, 6.45) is 0.452. The molecule has 1 amide bonds. The number of carbonyl (C=O) groups excluding carboxylic acids is 1. The van der Waals surface area contributed by atoms with Gasteiger partial charge in [0.2, 0.25) is 5.91 Å². The molecule has 3 nitrogen and oxygen atoms in total. The van der Waals surface area contributed by atoms with Gasteiger partial charge in [-0.25, -0.2) is 8.78 Å². The Labute approximate surface area is 108 Å². The summed E-state index contributed by atoms with van der Waals surface area (Å²) in [5, 5.41) is 4.64. The quantitative estimate of drug-likeness (QED) is 0.843. The molecule has 1 aromatic rings. The van der Waals surface area contributed by atoms with Crippen molar-refractivity contribution in [2.45, 2.75) is 31.4 Å². The molecule has 1 aromatic heterocycles. The zero-order valence-electron chi connectivity index (χ0n) is 9.79. The van der Waals surface area contributed by atoms with E-state index in [0.29, 0.717) is 13.1 Å². The molecule has 3 rings (SSSR count). The van der Waals surface area contributed by atoms with Crippen molar-refractivity contribution in [3.05, 3.63) is 21.9 Å². The number of thiophene rings is 1. The van der Waals surface area contributed by atoms with E-state index in [-0.39, 0.29) is 18.9 Å². The third-order valence-corrected chi connectivity index (χ3v) is 4.49. The second-order valence-corrected chi connectivity index (χ2v) is 5.87. The minimum atomic E-state index is -2.75. The minimum Gasteiger partial charge on any atom is -0.336 e. The normalized spacial score (nSPS) is 26.1. The number of nitrogens with one attached hydrogen (secondary N) is 1. The van der Waals surface area contributed by atoms with Crippen molar-refractivity contribution >= 4 is 17.2 Å². The number of halogens is 2. The lowest BCUT2D eigenvalue weighted by Crippen LogP contribution is -2.45. The van der Waals surface area contributed by atoms with Crippen LogP contribution in [0.25, 0.3) is 0 Å². The van der Waals surface area contributed by atoms with Crippen LogP contribution in [0.2, 0.25) is 0 Å². The number of hydrogen-bond donors (Lipinski definition) is 1. The third kappa shape index (κ3) is 2.14. The molecule has 1 atom stereocenters. The maximum Gasteiger partial charge on any atom is 0.262 e. The van der Waals surface area contributed by atoms with Crippen LogP contribution in [-0.2, 0) is 17.8 Å². The van der Waals surface area contributed by atoms with Crippen molar-refractivity contribution in [1.29, 1.82) is 0 Å². The highest BCUT2D eigenvalue weighted by molar-refractivity contribution is 7.10. The van der Waals surface area contributed by atoms with Gasteiger partial charge in [-0.3, -0.25) is 10.1 Å². The van der Waals surface area contributed by atoms with E-state index in [0.717, 1.165) is 6.42 Å². The number of carbonyl (C=O) groups is 1. The monoisotopic (exact) mass is 272 g/mol. The average Bonchev–Trinajstić information content (AvgIpc) is 2.93. The lowest BCUT2D eigenvalue weighted by molar-refractivity contribution is -0.134. The van der Waals surface area contributed by atoms with Gasteiger partial charge < -0.3 is 4.90 Å². The summed E-state index contributed by atoms with van der Waals surface area (Å²) >= 11 is 1.63. The zero-order chi connectivity index (χ0) is 12.8. The van der Waals surface area contributed by atoms with Crippen molar-refractivity contribution in [2.24, 2.45) is 0 Å². The fourth-order valence-electron chi connectivity index (χ4n) is 2.53. The van der Waals surface area contributed by atoms with E-state index in [1.807, 2.05) is 5.38 Å². The van der Waals surface area contributed by atoms with Gasteiger partial charge in [-0.2, -0.15) is 0 Å². The molecule has 0 saturated carbocycles. The first-order valence-corrected chi connectivity index (χ1v) is 6.88.